The van der Waals surface area contributed by atoms with Gasteiger partial charge < -0.3 is 10.4 Å². The second kappa shape index (κ2) is 7.08. The number of rotatable bonds is 4. The molecule has 2 N–H and O–H groups in total. The largest absolute Gasteiger partial charge is 0.481 e. The van der Waals surface area contributed by atoms with E-state index in [0.29, 0.717) is 36.4 Å². The number of nitriles is 1. The van der Waals surface area contributed by atoms with Crippen LogP contribution in [0, 0.1) is 30.1 Å². The quantitative estimate of drug-likeness (QED) is 0.893. The van der Waals surface area contributed by atoms with Crippen molar-refractivity contribution in [3.8, 4) is 6.07 Å². The second-order valence-electron chi connectivity index (χ2n) is 5.91. The first-order valence-corrected chi connectivity index (χ1v) is 7.53. The average molecular weight is 300 g/mol. The fourth-order valence-corrected chi connectivity index (χ4v) is 2.84. The lowest BCUT2D eigenvalue weighted by molar-refractivity contribution is -0.143. The summed E-state index contributed by atoms with van der Waals surface area (Å²) in [4.78, 5) is 23.0. The molecule has 0 aromatic heterocycles. The molecule has 0 radical (unpaired) electrons. The van der Waals surface area contributed by atoms with E-state index in [2.05, 4.69) is 11.4 Å². The highest BCUT2D eigenvalue weighted by Crippen LogP contribution is 2.28. The van der Waals surface area contributed by atoms with Gasteiger partial charge in [0.25, 0.3) is 5.91 Å². The lowest BCUT2D eigenvalue weighted by Crippen LogP contribution is -2.32. The molecule has 1 aromatic rings. The number of nitrogens with one attached hydrogen (secondary N) is 1. The summed E-state index contributed by atoms with van der Waals surface area (Å²) in [5.74, 6) is -0.800. The Bertz CT molecular complexity index is 611. The van der Waals surface area contributed by atoms with Crippen molar-refractivity contribution in [3.63, 3.8) is 0 Å². The monoisotopic (exact) mass is 300 g/mol. The number of aryl methyl sites for hydroxylation is 1. The Hall–Kier alpha value is -2.35. The molecule has 1 amide bonds. The number of benzene rings is 1. The first-order chi connectivity index (χ1) is 10.5. The van der Waals surface area contributed by atoms with Crippen LogP contribution in [0.15, 0.2) is 18.2 Å². The number of carboxylic acids is 1. The van der Waals surface area contributed by atoms with Crippen molar-refractivity contribution in [2.24, 2.45) is 11.8 Å². The fourth-order valence-electron chi connectivity index (χ4n) is 2.84. The minimum absolute atomic E-state index is 0.183. The lowest BCUT2D eigenvalue weighted by Gasteiger charge is -2.26. The molecule has 1 aliphatic carbocycles. The van der Waals surface area contributed by atoms with Crippen LogP contribution < -0.4 is 5.32 Å². The number of carboxylic acid groups (broad SMARTS) is 1. The molecule has 5 nitrogen and oxygen atoms in total. The molecule has 0 saturated heterocycles. The number of carbonyl (C=O) groups excluding carboxylic acids is 1. The first kappa shape index (κ1) is 16.0. The number of nitrogens with zero attached hydrogens (tertiary/aromatic N) is 1. The van der Waals surface area contributed by atoms with Gasteiger partial charge in [0.05, 0.1) is 17.6 Å². The number of amides is 1. The highest BCUT2D eigenvalue weighted by Gasteiger charge is 2.26. The van der Waals surface area contributed by atoms with Crippen LogP contribution in [0.4, 0.5) is 0 Å². The summed E-state index contributed by atoms with van der Waals surface area (Å²) in [6.07, 6.45) is 3.02. The number of carbonyl (C=O) groups is 2. The van der Waals surface area contributed by atoms with Crippen LogP contribution in [0.5, 0.6) is 0 Å². The maximum absolute atomic E-state index is 12.1. The fraction of sp³-hybridized carbons (Fsp3) is 0.471. The van der Waals surface area contributed by atoms with Crippen LogP contribution in [-0.2, 0) is 4.79 Å². The molecular formula is C17H20N2O3. The van der Waals surface area contributed by atoms with Crippen molar-refractivity contribution >= 4 is 11.9 Å². The predicted molar refractivity (Wildman–Crippen MR) is 81.3 cm³/mol. The van der Waals surface area contributed by atoms with E-state index in [9.17, 15) is 9.59 Å². The summed E-state index contributed by atoms with van der Waals surface area (Å²) < 4.78 is 0. The van der Waals surface area contributed by atoms with Crippen molar-refractivity contribution in [1.29, 1.82) is 5.26 Å². The Morgan fingerprint density at radius 2 is 2.00 bits per heavy atom. The van der Waals surface area contributed by atoms with Gasteiger partial charge in [0.15, 0.2) is 0 Å². The number of hydrogen-bond acceptors (Lipinski definition) is 3. The van der Waals surface area contributed by atoms with Gasteiger partial charge in [-0.2, -0.15) is 5.26 Å². The van der Waals surface area contributed by atoms with E-state index in [1.807, 2.05) is 6.92 Å². The Kier molecular flexibility index (Phi) is 5.16. The SMILES string of the molecule is Cc1ccc(C(=O)NCC2CCC(C(=O)O)CC2)cc1C#N. The summed E-state index contributed by atoms with van der Waals surface area (Å²) in [7, 11) is 0. The maximum Gasteiger partial charge on any atom is 0.306 e. The molecule has 0 atom stereocenters. The van der Waals surface area contributed by atoms with Crippen molar-refractivity contribution in [1.82, 2.24) is 5.32 Å². The first-order valence-electron chi connectivity index (χ1n) is 7.53. The highest BCUT2D eigenvalue weighted by atomic mass is 16.4. The van der Waals surface area contributed by atoms with Gasteiger partial charge >= 0.3 is 5.97 Å². The van der Waals surface area contributed by atoms with Crippen molar-refractivity contribution in [3.05, 3.63) is 34.9 Å². The molecule has 2 rings (SSSR count). The molecule has 0 aliphatic heterocycles. The third-order valence-corrected chi connectivity index (χ3v) is 4.37. The Labute approximate surface area is 129 Å². The van der Waals surface area contributed by atoms with E-state index in [0.717, 1.165) is 18.4 Å². The maximum atomic E-state index is 12.1. The molecular weight excluding hydrogens is 280 g/mol. The van der Waals surface area contributed by atoms with Gasteiger partial charge in [0, 0.05) is 12.1 Å². The van der Waals surface area contributed by atoms with Crippen LogP contribution in [0.3, 0.4) is 0 Å². The molecule has 116 valence electrons. The summed E-state index contributed by atoms with van der Waals surface area (Å²) in [6.45, 7) is 2.39. The standard InChI is InChI=1S/C17H20N2O3/c1-11-2-5-14(8-15(11)9-18)16(20)19-10-12-3-6-13(7-4-12)17(21)22/h2,5,8,12-13H,3-4,6-7,10H2,1H3,(H,19,20)(H,21,22). The van der Waals surface area contributed by atoms with E-state index in [-0.39, 0.29) is 11.8 Å². The Morgan fingerprint density at radius 3 is 2.59 bits per heavy atom. The van der Waals surface area contributed by atoms with Gasteiger partial charge in [-0.3, -0.25) is 9.59 Å². The summed E-state index contributed by atoms with van der Waals surface area (Å²) in [5, 5.41) is 20.9. The normalized spacial score (nSPS) is 20.9. The van der Waals surface area contributed by atoms with E-state index >= 15 is 0 Å². The third kappa shape index (κ3) is 3.85. The zero-order chi connectivity index (χ0) is 16.1. The average Bonchev–Trinajstić information content (AvgIpc) is 2.53. The van der Waals surface area contributed by atoms with Crippen molar-refractivity contribution in [2.75, 3.05) is 6.54 Å². The van der Waals surface area contributed by atoms with E-state index in [4.69, 9.17) is 10.4 Å². The second-order valence-corrected chi connectivity index (χ2v) is 5.91. The zero-order valence-electron chi connectivity index (χ0n) is 12.6. The van der Waals surface area contributed by atoms with Crippen LogP contribution in [-0.4, -0.2) is 23.5 Å². The van der Waals surface area contributed by atoms with Gasteiger partial charge in [-0.05, 0) is 56.2 Å². The van der Waals surface area contributed by atoms with Crippen LogP contribution in [0.25, 0.3) is 0 Å². The molecule has 0 heterocycles. The molecule has 0 bridgehead atoms. The minimum Gasteiger partial charge on any atom is -0.481 e. The van der Waals surface area contributed by atoms with Gasteiger partial charge in [0.1, 0.15) is 0 Å². The van der Waals surface area contributed by atoms with Crippen LogP contribution in [0.2, 0.25) is 0 Å². The van der Waals surface area contributed by atoms with Crippen molar-refractivity contribution < 1.29 is 14.7 Å². The van der Waals surface area contributed by atoms with Crippen LogP contribution in [0.1, 0.15) is 47.2 Å². The topological polar surface area (TPSA) is 90.2 Å². The van der Waals surface area contributed by atoms with Crippen molar-refractivity contribution in [2.45, 2.75) is 32.6 Å². The van der Waals surface area contributed by atoms with Gasteiger partial charge in [0.2, 0.25) is 0 Å². The molecule has 1 fully saturated rings. The van der Waals surface area contributed by atoms with E-state index < -0.39 is 5.97 Å². The van der Waals surface area contributed by atoms with Gasteiger partial charge in [-0.1, -0.05) is 6.07 Å². The van der Waals surface area contributed by atoms with E-state index in [1.54, 1.807) is 18.2 Å². The molecule has 5 heteroatoms. The molecule has 0 unspecified atom stereocenters. The lowest BCUT2D eigenvalue weighted by atomic mass is 9.82. The molecule has 1 aliphatic rings. The molecule has 0 spiro atoms. The Morgan fingerprint density at radius 1 is 1.32 bits per heavy atom. The third-order valence-electron chi connectivity index (χ3n) is 4.37. The predicted octanol–water partition coefficient (Wildman–Crippen LogP) is 2.49. The van der Waals surface area contributed by atoms with Crippen LogP contribution >= 0.6 is 0 Å². The van der Waals surface area contributed by atoms with Gasteiger partial charge in [-0.25, -0.2) is 0 Å². The van der Waals surface area contributed by atoms with E-state index in [1.165, 1.54) is 0 Å². The molecule has 22 heavy (non-hydrogen) atoms. The molecule has 1 saturated carbocycles. The summed E-state index contributed by atoms with van der Waals surface area (Å²) >= 11 is 0. The minimum atomic E-state index is -0.717. The summed E-state index contributed by atoms with van der Waals surface area (Å²) in [6, 6.07) is 7.16. The number of aliphatic carboxylic acids is 1. The summed E-state index contributed by atoms with van der Waals surface area (Å²) in [5.41, 5.74) is 1.85. The van der Waals surface area contributed by atoms with Gasteiger partial charge in [-0.15, -0.1) is 0 Å². The highest BCUT2D eigenvalue weighted by molar-refractivity contribution is 5.94. The Balaban J connectivity index is 1.86. The smallest absolute Gasteiger partial charge is 0.306 e. The molecule has 1 aromatic carbocycles. The zero-order valence-corrected chi connectivity index (χ0v) is 12.6. The number of hydrogen-bond donors (Lipinski definition) is 2.